The van der Waals surface area contributed by atoms with Gasteiger partial charge in [0.2, 0.25) is 0 Å². The van der Waals surface area contributed by atoms with E-state index >= 15 is 0 Å². The van der Waals surface area contributed by atoms with E-state index in [1.165, 1.54) is 0 Å². The Morgan fingerprint density at radius 3 is 2.73 bits per heavy atom. The number of carbonyl (C=O) groups excluding carboxylic acids is 1. The molecule has 1 N–H and O–H groups in total. The Kier molecular flexibility index (Phi) is 1.72. The van der Waals surface area contributed by atoms with Crippen molar-refractivity contribution in [3.8, 4) is 0 Å². The van der Waals surface area contributed by atoms with E-state index in [1.807, 2.05) is 0 Å². The maximum atomic E-state index is 12.5. The van der Waals surface area contributed by atoms with Crippen LogP contribution in [0.25, 0.3) is 0 Å². The van der Waals surface area contributed by atoms with Crippen molar-refractivity contribution < 1.29 is 13.6 Å². The highest BCUT2D eigenvalue weighted by molar-refractivity contribution is 5.76. The molecular weight excluding hydrogens is 154 g/mol. The number of alkyl halides is 2. The summed E-state index contributed by atoms with van der Waals surface area (Å²) in [6.45, 7) is 0.702. The molecular formula is C6H6F2N2O. The smallest absolute Gasteiger partial charge is 0.287 e. The molecule has 0 radical (unpaired) electrons. The Morgan fingerprint density at radius 1 is 1.73 bits per heavy atom. The lowest BCUT2D eigenvalue weighted by molar-refractivity contribution is 0.0120. The van der Waals surface area contributed by atoms with Gasteiger partial charge in [-0.1, -0.05) is 0 Å². The van der Waals surface area contributed by atoms with Crippen LogP contribution >= 0.6 is 0 Å². The van der Waals surface area contributed by atoms with Crippen LogP contribution in [0.1, 0.15) is 23.0 Å². The van der Waals surface area contributed by atoms with E-state index < -0.39 is 11.6 Å². The topological polar surface area (TPSA) is 45.8 Å². The Hall–Kier alpha value is -1.26. The van der Waals surface area contributed by atoms with Crippen LogP contribution in [0, 0.1) is 0 Å². The van der Waals surface area contributed by atoms with E-state index in [0.29, 0.717) is 13.2 Å². The molecule has 1 heterocycles. The molecule has 0 aliphatic heterocycles. The fourth-order valence-electron chi connectivity index (χ4n) is 0.736. The maximum absolute atomic E-state index is 12.5. The largest absolute Gasteiger partial charge is 0.298 e. The highest BCUT2D eigenvalue weighted by Crippen LogP contribution is 2.26. The van der Waals surface area contributed by atoms with E-state index in [2.05, 4.69) is 10.2 Å². The molecule has 0 saturated heterocycles. The summed E-state index contributed by atoms with van der Waals surface area (Å²) in [6, 6.07) is 0. The molecule has 3 nitrogen and oxygen atoms in total. The van der Waals surface area contributed by atoms with Crippen molar-refractivity contribution in [3.63, 3.8) is 0 Å². The number of halogens is 2. The van der Waals surface area contributed by atoms with E-state index in [-0.39, 0.29) is 5.56 Å². The second kappa shape index (κ2) is 2.41. The van der Waals surface area contributed by atoms with Crippen molar-refractivity contribution in [1.29, 1.82) is 0 Å². The van der Waals surface area contributed by atoms with Gasteiger partial charge in [-0.25, -0.2) is 0 Å². The molecule has 0 amide bonds. The number of aromatic nitrogens is 2. The van der Waals surface area contributed by atoms with Gasteiger partial charge in [-0.15, -0.1) is 0 Å². The summed E-state index contributed by atoms with van der Waals surface area (Å²) < 4.78 is 25.0. The van der Waals surface area contributed by atoms with E-state index in [1.54, 1.807) is 0 Å². The van der Waals surface area contributed by atoms with Gasteiger partial charge in [-0.05, 0) is 0 Å². The van der Waals surface area contributed by atoms with E-state index in [4.69, 9.17) is 0 Å². The number of H-pyrrole nitrogens is 1. The van der Waals surface area contributed by atoms with Crippen LogP contribution in [0.4, 0.5) is 8.78 Å². The molecule has 0 saturated carbocycles. The zero-order valence-corrected chi connectivity index (χ0v) is 5.77. The minimum absolute atomic E-state index is 0.0995. The zero-order valence-electron chi connectivity index (χ0n) is 5.77. The Morgan fingerprint density at radius 2 is 2.36 bits per heavy atom. The average molecular weight is 160 g/mol. The van der Waals surface area contributed by atoms with Gasteiger partial charge in [0.25, 0.3) is 5.92 Å². The van der Waals surface area contributed by atoms with Crippen molar-refractivity contribution >= 4 is 6.29 Å². The molecule has 60 valence electrons. The third kappa shape index (κ3) is 1.42. The predicted molar refractivity (Wildman–Crippen MR) is 33.5 cm³/mol. The van der Waals surface area contributed by atoms with E-state index in [0.717, 1.165) is 6.20 Å². The van der Waals surface area contributed by atoms with Crippen LogP contribution in [0.15, 0.2) is 6.20 Å². The predicted octanol–water partition coefficient (Wildman–Crippen LogP) is 1.33. The van der Waals surface area contributed by atoms with Gasteiger partial charge >= 0.3 is 0 Å². The van der Waals surface area contributed by atoms with Crippen molar-refractivity contribution in [2.75, 3.05) is 0 Å². The molecule has 0 fully saturated rings. The first-order valence-electron chi connectivity index (χ1n) is 2.92. The van der Waals surface area contributed by atoms with Gasteiger partial charge in [0.05, 0.1) is 11.8 Å². The Labute approximate surface area is 61.4 Å². The molecule has 5 heteroatoms. The quantitative estimate of drug-likeness (QED) is 0.663. The molecule has 11 heavy (non-hydrogen) atoms. The third-order valence-electron chi connectivity index (χ3n) is 1.23. The van der Waals surface area contributed by atoms with Crippen LogP contribution in [-0.2, 0) is 5.92 Å². The summed E-state index contributed by atoms with van der Waals surface area (Å²) in [5.74, 6) is -3.03. The second-order valence-electron chi connectivity index (χ2n) is 2.21. The number of aldehydes is 1. The standard InChI is InChI=1S/C6H6F2N2O/c1-6(7,8)5-4(3-11)2-9-10-5/h2-3H,1H3,(H,9,10). The number of nitrogens with one attached hydrogen (secondary N) is 1. The summed E-state index contributed by atoms with van der Waals surface area (Å²) in [4.78, 5) is 10.1. The van der Waals surface area contributed by atoms with Gasteiger partial charge in [0.15, 0.2) is 6.29 Å². The lowest BCUT2D eigenvalue weighted by atomic mass is 10.2. The fourth-order valence-corrected chi connectivity index (χ4v) is 0.736. The van der Waals surface area contributed by atoms with Gasteiger partial charge < -0.3 is 0 Å². The van der Waals surface area contributed by atoms with Crippen LogP contribution in [0.5, 0.6) is 0 Å². The normalized spacial score (nSPS) is 11.5. The zero-order chi connectivity index (χ0) is 8.48. The SMILES string of the molecule is CC(F)(F)c1[nH]ncc1C=O. The van der Waals surface area contributed by atoms with Crippen molar-refractivity contribution in [2.45, 2.75) is 12.8 Å². The Balaban J connectivity index is 3.12. The average Bonchev–Trinajstić information content (AvgIpc) is 2.31. The van der Waals surface area contributed by atoms with Crippen molar-refractivity contribution in [3.05, 3.63) is 17.5 Å². The van der Waals surface area contributed by atoms with Gasteiger partial charge in [-0.2, -0.15) is 13.9 Å². The molecule has 0 aromatic carbocycles. The minimum atomic E-state index is -3.03. The summed E-state index contributed by atoms with van der Waals surface area (Å²) in [7, 11) is 0. The number of nitrogens with zero attached hydrogens (tertiary/aromatic N) is 1. The minimum Gasteiger partial charge on any atom is -0.298 e. The Bertz CT molecular complexity index is 264. The number of carbonyl (C=O) groups is 1. The highest BCUT2D eigenvalue weighted by Gasteiger charge is 2.29. The van der Waals surface area contributed by atoms with Crippen LogP contribution in [-0.4, -0.2) is 16.5 Å². The third-order valence-corrected chi connectivity index (χ3v) is 1.23. The fraction of sp³-hybridized carbons (Fsp3) is 0.333. The molecule has 1 rings (SSSR count). The summed E-state index contributed by atoms with van der Waals surface area (Å²) in [5, 5.41) is 5.39. The van der Waals surface area contributed by atoms with Gasteiger partial charge in [0.1, 0.15) is 5.69 Å². The number of hydrogen-bond donors (Lipinski definition) is 1. The van der Waals surface area contributed by atoms with E-state index in [9.17, 15) is 13.6 Å². The molecule has 0 spiro atoms. The van der Waals surface area contributed by atoms with Crippen LogP contribution in [0.2, 0.25) is 0 Å². The van der Waals surface area contributed by atoms with Crippen LogP contribution in [0.3, 0.4) is 0 Å². The summed E-state index contributed by atoms with van der Waals surface area (Å²) in [6.07, 6.45) is 1.41. The van der Waals surface area contributed by atoms with Crippen LogP contribution < -0.4 is 0 Å². The number of aromatic amines is 1. The molecule has 0 atom stereocenters. The monoisotopic (exact) mass is 160 g/mol. The highest BCUT2D eigenvalue weighted by atomic mass is 19.3. The summed E-state index contributed by atoms with van der Waals surface area (Å²) >= 11 is 0. The first-order valence-corrected chi connectivity index (χ1v) is 2.92. The number of rotatable bonds is 2. The first-order chi connectivity index (χ1) is 5.05. The maximum Gasteiger partial charge on any atom is 0.287 e. The molecule has 0 aliphatic rings. The van der Waals surface area contributed by atoms with Crippen molar-refractivity contribution in [1.82, 2.24) is 10.2 Å². The molecule has 1 aromatic heterocycles. The summed E-state index contributed by atoms with van der Waals surface area (Å²) in [5.41, 5.74) is -0.537. The molecule has 0 bridgehead atoms. The lowest BCUT2D eigenvalue weighted by Crippen LogP contribution is -2.10. The second-order valence-corrected chi connectivity index (χ2v) is 2.21. The molecule has 0 aliphatic carbocycles. The molecule has 0 unspecified atom stereocenters. The number of hydrogen-bond acceptors (Lipinski definition) is 2. The first kappa shape index (κ1) is 7.84. The molecule has 1 aromatic rings. The lowest BCUT2D eigenvalue weighted by Gasteiger charge is -2.06. The van der Waals surface area contributed by atoms with Crippen molar-refractivity contribution in [2.24, 2.45) is 0 Å². The van der Waals surface area contributed by atoms with Gasteiger partial charge in [0, 0.05) is 6.92 Å². The van der Waals surface area contributed by atoms with Gasteiger partial charge in [-0.3, -0.25) is 9.89 Å².